The molecular weight excluding hydrogens is 180 g/mol. The van der Waals surface area contributed by atoms with Gasteiger partial charge in [-0.3, -0.25) is 4.79 Å². The minimum Gasteiger partial charge on any atom is -0.297 e. The van der Waals surface area contributed by atoms with Crippen LogP contribution in [0.2, 0.25) is 0 Å². The van der Waals surface area contributed by atoms with Crippen molar-refractivity contribution in [3.05, 3.63) is 21.4 Å². The lowest BCUT2D eigenvalue weighted by Crippen LogP contribution is -2.07. The summed E-state index contributed by atoms with van der Waals surface area (Å²) in [4.78, 5) is 12.9. The van der Waals surface area contributed by atoms with E-state index in [4.69, 9.17) is 0 Å². The summed E-state index contributed by atoms with van der Waals surface area (Å²) in [6.45, 7) is 4.56. The summed E-state index contributed by atoms with van der Waals surface area (Å²) in [5, 5.41) is 0. The molecule has 70 valence electrons. The van der Waals surface area contributed by atoms with Crippen molar-refractivity contribution in [2.45, 2.75) is 26.7 Å². The van der Waals surface area contributed by atoms with Crippen LogP contribution >= 0.6 is 11.3 Å². The molecule has 0 radical (unpaired) electrons. The number of hydrogen-bond acceptors (Lipinski definition) is 2. The van der Waals surface area contributed by atoms with Crippen molar-refractivity contribution in [3.63, 3.8) is 0 Å². The number of carbonyl (C=O) groups excluding carboxylic acids is 1. The van der Waals surface area contributed by atoms with Crippen molar-refractivity contribution in [1.29, 1.82) is 0 Å². The van der Waals surface area contributed by atoms with Crippen molar-refractivity contribution in [2.24, 2.45) is 11.8 Å². The van der Waals surface area contributed by atoms with Crippen LogP contribution < -0.4 is 0 Å². The average molecular weight is 194 g/mol. The van der Waals surface area contributed by atoms with Crippen LogP contribution in [0.15, 0.2) is 6.07 Å². The Hall–Kier alpha value is -0.630. The van der Waals surface area contributed by atoms with Gasteiger partial charge in [-0.25, -0.2) is 0 Å². The quantitative estimate of drug-likeness (QED) is 0.662. The number of thiophene rings is 1. The highest BCUT2D eigenvalue weighted by atomic mass is 32.1. The molecule has 1 atom stereocenters. The van der Waals surface area contributed by atoms with Gasteiger partial charge < -0.3 is 0 Å². The van der Waals surface area contributed by atoms with Crippen LogP contribution in [0, 0.1) is 11.8 Å². The number of rotatable bonds is 2. The van der Waals surface area contributed by atoms with E-state index in [1.807, 2.05) is 0 Å². The fourth-order valence-corrected chi connectivity index (χ4v) is 3.06. The molecule has 1 heterocycles. The molecule has 0 saturated heterocycles. The molecule has 2 rings (SSSR count). The standard InChI is InChI=1S/C11H14OS/c1-7(2)8-3-9-4-10(6-12)13-11(9)5-8/h4,6-8H,3,5H2,1-2H3. The third-order valence-corrected chi connectivity index (χ3v) is 4.03. The molecule has 0 bridgehead atoms. The zero-order valence-electron chi connectivity index (χ0n) is 8.04. The van der Waals surface area contributed by atoms with E-state index >= 15 is 0 Å². The van der Waals surface area contributed by atoms with Crippen LogP contribution in [0.5, 0.6) is 0 Å². The van der Waals surface area contributed by atoms with Crippen LogP contribution in [-0.2, 0) is 12.8 Å². The maximum atomic E-state index is 10.5. The summed E-state index contributed by atoms with van der Waals surface area (Å²) in [5.74, 6) is 1.57. The Morgan fingerprint density at radius 2 is 2.31 bits per heavy atom. The smallest absolute Gasteiger partial charge is 0.160 e. The largest absolute Gasteiger partial charge is 0.297 e. The highest BCUT2D eigenvalue weighted by Gasteiger charge is 2.25. The second-order valence-electron chi connectivity index (χ2n) is 4.13. The van der Waals surface area contributed by atoms with Gasteiger partial charge in [0.15, 0.2) is 6.29 Å². The number of fused-ring (bicyclic) bond motifs is 1. The molecule has 1 aliphatic rings. The zero-order chi connectivity index (χ0) is 9.42. The van der Waals surface area contributed by atoms with E-state index in [9.17, 15) is 4.79 Å². The van der Waals surface area contributed by atoms with E-state index in [1.165, 1.54) is 23.3 Å². The van der Waals surface area contributed by atoms with Gasteiger partial charge >= 0.3 is 0 Å². The van der Waals surface area contributed by atoms with Crippen LogP contribution in [0.3, 0.4) is 0 Å². The van der Waals surface area contributed by atoms with Crippen molar-refractivity contribution in [1.82, 2.24) is 0 Å². The van der Waals surface area contributed by atoms with E-state index in [0.29, 0.717) is 0 Å². The highest BCUT2D eigenvalue weighted by molar-refractivity contribution is 7.13. The van der Waals surface area contributed by atoms with E-state index in [-0.39, 0.29) is 0 Å². The normalized spacial score (nSPS) is 20.7. The lowest BCUT2D eigenvalue weighted by molar-refractivity contribution is 0.112. The summed E-state index contributed by atoms with van der Waals surface area (Å²) >= 11 is 1.68. The fraction of sp³-hybridized carbons (Fsp3) is 0.545. The third kappa shape index (κ3) is 1.55. The molecule has 0 saturated carbocycles. The molecule has 0 amide bonds. The Morgan fingerprint density at radius 1 is 1.54 bits per heavy atom. The van der Waals surface area contributed by atoms with Crippen LogP contribution in [0.1, 0.15) is 34.0 Å². The van der Waals surface area contributed by atoms with E-state index in [0.717, 1.165) is 23.0 Å². The lowest BCUT2D eigenvalue weighted by atomic mass is 9.93. The second kappa shape index (κ2) is 3.26. The number of aldehydes is 1. The van der Waals surface area contributed by atoms with Gasteiger partial charge in [0.25, 0.3) is 0 Å². The van der Waals surface area contributed by atoms with E-state index in [1.54, 1.807) is 11.3 Å². The van der Waals surface area contributed by atoms with Gasteiger partial charge in [0.1, 0.15) is 0 Å². The Bertz CT molecular complexity index is 301. The molecule has 1 aromatic rings. The molecule has 2 heteroatoms. The minimum absolute atomic E-state index is 0.763. The minimum atomic E-state index is 0.763. The first-order valence-corrected chi connectivity index (χ1v) is 5.59. The molecule has 1 nitrogen and oxygen atoms in total. The maximum absolute atomic E-state index is 10.5. The SMILES string of the molecule is CC(C)C1Cc2cc(C=O)sc2C1. The van der Waals surface area contributed by atoms with Gasteiger partial charge in [0.05, 0.1) is 4.88 Å². The monoisotopic (exact) mass is 194 g/mol. The Kier molecular flexibility index (Phi) is 2.24. The molecule has 1 aliphatic carbocycles. The van der Waals surface area contributed by atoms with Gasteiger partial charge in [0.2, 0.25) is 0 Å². The average Bonchev–Trinajstić information content (AvgIpc) is 2.58. The van der Waals surface area contributed by atoms with Gasteiger partial charge in [-0.15, -0.1) is 11.3 Å². The molecule has 0 aromatic carbocycles. The molecular formula is C11H14OS. The summed E-state index contributed by atoms with van der Waals surface area (Å²) in [7, 11) is 0. The first kappa shape index (κ1) is 8.95. The predicted molar refractivity (Wildman–Crippen MR) is 55.4 cm³/mol. The topological polar surface area (TPSA) is 17.1 Å². The van der Waals surface area contributed by atoms with E-state index < -0.39 is 0 Å². The molecule has 0 fully saturated rings. The van der Waals surface area contributed by atoms with Crippen molar-refractivity contribution >= 4 is 17.6 Å². The van der Waals surface area contributed by atoms with Crippen molar-refractivity contribution in [2.75, 3.05) is 0 Å². The van der Waals surface area contributed by atoms with Gasteiger partial charge in [0, 0.05) is 4.88 Å². The molecule has 1 aromatic heterocycles. The predicted octanol–water partition coefficient (Wildman–Crippen LogP) is 2.93. The second-order valence-corrected chi connectivity index (χ2v) is 5.30. The summed E-state index contributed by atoms with van der Waals surface area (Å²) in [5.41, 5.74) is 1.42. The zero-order valence-corrected chi connectivity index (χ0v) is 8.86. The van der Waals surface area contributed by atoms with Gasteiger partial charge in [-0.2, -0.15) is 0 Å². The third-order valence-electron chi connectivity index (χ3n) is 2.90. The van der Waals surface area contributed by atoms with Crippen LogP contribution in [0.25, 0.3) is 0 Å². The summed E-state index contributed by atoms with van der Waals surface area (Å²) in [6, 6.07) is 2.06. The molecule has 0 spiro atoms. The number of hydrogen-bond donors (Lipinski definition) is 0. The van der Waals surface area contributed by atoms with Crippen molar-refractivity contribution in [3.8, 4) is 0 Å². The fourth-order valence-electron chi connectivity index (χ4n) is 1.96. The Morgan fingerprint density at radius 3 is 2.85 bits per heavy atom. The molecule has 0 N–H and O–H groups in total. The first-order chi connectivity index (χ1) is 6.20. The van der Waals surface area contributed by atoms with Gasteiger partial charge in [-0.05, 0) is 36.3 Å². The van der Waals surface area contributed by atoms with Crippen LogP contribution in [0.4, 0.5) is 0 Å². The Balaban J connectivity index is 2.19. The lowest BCUT2D eigenvalue weighted by Gasteiger charge is -2.12. The maximum Gasteiger partial charge on any atom is 0.160 e. The highest BCUT2D eigenvalue weighted by Crippen LogP contribution is 2.36. The Labute approximate surface area is 82.8 Å². The van der Waals surface area contributed by atoms with Crippen LogP contribution in [-0.4, -0.2) is 6.29 Å². The number of carbonyl (C=O) groups is 1. The van der Waals surface area contributed by atoms with E-state index in [2.05, 4.69) is 19.9 Å². The first-order valence-electron chi connectivity index (χ1n) is 4.77. The molecule has 1 unspecified atom stereocenters. The summed E-state index contributed by atoms with van der Waals surface area (Å²) < 4.78 is 0. The van der Waals surface area contributed by atoms with Crippen molar-refractivity contribution < 1.29 is 4.79 Å². The molecule has 13 heavy (non-hydrogen) atoms. The molecule has 0 aliphatic heterocycles. The summed E-state index contributed by atoms with van der Waals surface area (Å²) in [6.07, 6.45) is 3.33. The van der Waals surface area contributed by atoms with Gasteiger partial charge in [-0.1, -0.05) is 13.8 Å².